The Morgan fingerprint density at radius 2 is 1.78 bits per heavy atom. The van der Waals surface area contributed by atoms with Crippen molar-refractivity contribution in [2.24, 2.45) is 5.92 Å². The topological polar surface area (TPSA) is 90.9 Å². The first-order valence-electron chi connectivity index (χ1n) is 10.8. The second-order valence-corrected chi connectivity index (χ2v) is 11.1. The van der Waals surface area contributed by atoms with Gasteiger partial charge in [-0.15, -0.1) is 0 Å². The Hall–Kier alpha value is -2.13. The number of alkyl carbamates (subject to hydrolysis) is 1. The summed E-state index contributed by atoms with van der Waals surface area (Å²) in [6, 6.07) is 6.10. The standard InChI is InChI=1S/C23H34FNO6S/c1-23(2,3)31-22(26)25-14-18(13-24)15-30-20-9-11-21(12-10-20)32(27,28)16-17-5-7-19(29-4)8-6-17/h9-13,17,19H,5-8,14-16H2,1-4H3,(H,25,26)/b18-13+. The maximum absolute atomic E-state index is 13.1. The summed E-state index contributed by atoms with van der Waals surface area (Å²) in [5, 5.41) is 2.46. The Kier molecular flexibility index (Phi) is 9.51. The van der Waals surface area contributed by atoms with E-state index in [1.54, 1.807) is 40.0 Å². The lowest BCUT2D eigenvalue weighted by atomic mass is 9.89. The first-order chi connectivity index (χ1) is 15.0. The number of hydrogen-bond donors (Lipinski definition) is 1. The third-order valence-electron chi connectivity index (χ3n) is 5.20. The highest BCUT2D eigenvalue weighted by Crippen LogP contribution is 2.29. The van der Waals surface area contributed by atoms with E-state index in [2.05, 4.69) is 5.32 Å². The summed E-state index contributed by atoms with van der Waals surface area (Å²) in [5.74, 6) is 0.660. The average Bonchev–Trinajstić information content (AvgIpc) is 2.73. The number of rotatable bonds is 9. The van der Waals surface area contributed by atoms with E-state index in [-0.39, 0.29) is 41.4 Å². The lowest BCUT2D eigenvalue weighted by Crippen LogP contribution is -2.34. The number of ether oxygens (including phenoxy) is 3. The van der Waals surface area contributed by atoms with Crippen LogP contribution in [0.15, 0.2) is 41.1 Å². The molecule has 0 spiro atoms. The van der Waals surface area contributed by atoms with Crippen LogP contribution in [0.25, 0.3) is 0 Å². The molecule has 1 aromatic carbocycles. The number of halogens is 1. The van der Waals surface area contributed by atoms with Gasteiger partial charge < -0.3 is 19.5 Å². The Balaban J connectivity index is 1.84. The molecule has 32 heavy (non-hydrogen) atoms. The number of sulfone groups is 1. The van der Waals surface area contributed by atoms with E-state index < -0.39 is 21.5 Å². The van der Waals surface area contributed by atoms with Crippen molar-refractivity contribution >= 4 is 15.9 Å². The smallest absolute Gasteiger partial charge is 0.407 e. The normalized spacial score (nSPS) is 20.0. The van der Waals surface area contributed by atoms with Crippen LogP contribution in [0.1, 0.15) is 46.5 Å². The Bertz CT molecular complexity index is 869. The molecule has 1 aliphatic carbocycles. The van der Waals surface area contributed by atoms with Crippen molar-refractivity contribution < 1.29 is 31.8 Å². The fourth-order valence-corrected chi connectivity index (χ4v) is 5.18. The van der Waals surface area contributed by atoms with Gasteiger partial charge in [-0.1, -0.05) is 0 Å². The van der Waals surface area contributed by atoms with E-state index >= 15 is 0 Å². The van der Waals surface area contributed by atoms with Crippen LogP contribution in [0.2, 0.25) is 0 Å². The molecule has 1 saturated carbocycles. The van der Waals surface area contributed by atoms with Gasteiger partial charge in [-0.2, -0.15) is 0 Å². The number of benzene rings is 1. The van der Waals surface area contributed by atoms with E-state index in [4.69, 9.17) is 14.2 Å². The molecular weight excluding hydrogens is 437 g/mol. The molecule has 1 aliphatic rings. The van der Waals surface area contributed by atoms with E-state index in [1.807, 2.05) is 0 Å². The number of nitrogens with one attached hydrogen (secondary N) is 1. The van der Waals surface area contributed by atoms with Crippen LogP contribution in [-0.4, -0.2) is 52.2 Å². The molecule has 2 rings (SSSR count). The summed E-state index contributed by atoms with van der Waals surface area (Å²) in [4.78, 5) is 11.9. The van der Waals surface area contributed by atoms with Gasteiger partial charge in [-0.05, 0) is 76.6 Å². The summed E-state index contributed by atoms with van der Waals surface area (Å²) in [7, 11) is -1.71. The number of hydrogen-bond acceptors (Lipinski definition) is 6. The van der Waals surface area contributed by atoms with Gasteiger partial charge in [0, 0.05) is 19.2 Å². The Morgan fingerprint density at radius 1 is 1.16 bits per heavy atom. The zero-order valence-corrected chi connectivity index (χ0v) is 20.0. The van der Waals surface area contributed by atoms with Gasteiger partial charge in [-0.3, -0.25) is 0 Å². The van der Waals surface area contributed by atoms with Crippen LogP contribution >= 0.6 is 0 Å². The minimum absolute atomic E-state index is 0.0663. The number of carbonyl (C=O) groups is 1. The van der Waals surface area contributed by atoms with Gasteiger partial charge in [-0.25, -0.2) is 17.6 Å². The van der Waals surface area contributed by atoms with Crippen molar-refractivity contribution in [3.63, 3.8) is 0 Å². The van der Waals surface area contributed by atoms with E-state index in [9.17, 15) is 17.6 Å². The molecule has 1 aromatic rings. The molecule has 180 valence electrons. The van der Waals surface area contributed by atoms with Crippen LogP contribution in [-0.2, 0) is 19.3 Å². The maximum atomic E-state index is 13.1. The van der Waals surface area contributed by atoms with Gasteiger partial charge in [0.1, 0.15) is 18.0 Å². The first-order valence-corrected chi connectivity index (χ1v) is 12.4. The molecule has 1 fully saturated rings. The summed E-state index contributed by atoms with van der Waals surface area (Å²) >= 11 is 0. The van der Waals surface area contributed by atoms with Gasteiger partial charge >= 0.3 is 6.09 Å². The quantitative estimate of drug-likeness (QED) is 0.573. The molecule has 7 nitrogen and oxygen atoms in total. The number of carbonyl (C=O) groups excluding carboxylic acids is 1. The van der Waals surface area contributed by atoms with Crippen molar-refractivity contribution in [3.8, 4) is 5.75 Å². The molecule has 0 unspecified atom stereocenters. The highest BCUT2D eigenvalue weighted by Gasteiger charge is 2.26. The molecule has 0 aliphatic heterocycles. The molecule has 0 saturated heterocycles. The van der Waals surface area contributed by atoms with Crippen molar-refractivity contribution in [1.82, 2.24) is 5.32 Å². The Labute approximate surface area is 190 Å². The van der Waals surface area contributed by atoms with Crippen LogP contribution in [0.5, 0.6) is 5.75 Å². The van der Waals surface area contributed by atoms with Crippen LogP contribution in [0.3, 0.4) is 0 Å². The van der Waals surface area contributed by atoms with Gasteiger partial charge in [0.2, 0.25) is 0 Å². The number of amides is 1. The highest BCUT2D eigenvalue weighted by atomic mass is 32.2. The molecule has 1 amide bonds. The summed E-state index contributed by atoms with van der Waals surface area (Å²) in [6.07, 6.45) is 3.40. The fourth-order valence-electron chi connectivity index (χ4n) is 3.48. The van der Waals surface area contributed by atoms with Crippen LogP contribution in [0.4, 0.5) is 9.18 Å². The van der Waals surface area contributed by atoms with Gasteiger partial charge in [0.15, 0.2) is 9.84 Å². The summed E-state index contributed by atoms with van der Waals surface area (Å²) in [6.45, 7) is 5.04. The van der Waals surface area contributed by atoms with Gasteiger partial charge in [0.05, 0.1) is 23.1 Å². The molecule has 1 N–H and O–H groups in total. The van der Waals surface area contributed by atoms with Crippen molar-refractivity contribution in [3.05, 3.63) is 36.2 Å². The zero-order chi connectivity index (χ0) is 23.8. The monoisotopic (exact) mass is 471 g/mol. The Morgan fingerprint density at radius 3 is 2.31 bits per heavy atom. The van der Waals surface area contributed by atoms with Crippen LogP contribution in [0, 0.1) is 5.92 Å². The second kappa shape index (κ2) is 11.7. The summed E-state index contributed by atoms with van der Waals surface area (Å²) in [5.41, 5.74) is -0.440. The van der Waals surface area contributed by atoms with E-state index in [1.165, 1.54) is 12.1 Å². The first kappa shape index (κ1) is 26.1. The minimum atomic E-state index is -3.40. The third kappa shape index (κ3) is 8.78. The fraction of sp³-hybridized carbons (Fsp3) is 0.609. The van der Waals surface area contributed by atoms with Gasteiger partial charge in [0.25, 0.3) is 0 Å². The number of methoxy groups -OCH3 is 1. The SMILES string of the molecule is COC1CCC(CS(=O)(=O)c2ccc(OC/C(=C/F)CNC(=O)OC(C)(C)C)cc2)CC1. The largest absolute Gasteiger partial charge is 0.489 e. The highest BCUT2D eigenvalue weighted by molar-refractivity contribution is 7.91. The minimum Gasteiger partial charge on any atom is -0.489 e. The third-order valence-corrected chi connectivity index (χ3v) is 7.10. The lowest BCUT2D eigenvalue weighted by Gasteiger charge is -2.27. The lowest BCUT2D eigenvalue weighted by molar-refractivity contribution is 0.0531. The predicted molar refractivity (Wildman–Crippen MR) is 120 cm³/mol. The average molecular weight is 472 g/mol. The molecule has 0 radical (unpaired) electrons. The molecule has 0 heterocycles. The van der Waals surface area contributed by atoms with E-state index in [0.717, 1.165) is 25.7 Å². The molecular formula is C23H34FNO6S. The molecule has 0 aromatic heterocycles. The molecule has 0 bridgehead atoms. The molecule has 0 atom stereocenters. The predicted octanol–water partition coefficient (Wildman–Crippen LogP) is 4.42. The molecule has 9 heteroatoms. The summed E-state index contributed by atoms with van der Waals surface area (Å²) < 4.78 is 54.6. The zero-order valence-electron chi connectivity index (χ0n) is 19.2. The second-order valence-electron chi connectivity index (χ2n) is 9.04. The maximum Gasteiger partial charge on any atom is 0.407 e. The van der Waals surface area contributed by atoms with Crippen LogP contribution < -0.4 is 10.1 Å². The van der Waals surface area contributed by atoms with Crippen molar-refractivity contribution in [2.45, 2.75) is 63.1 Å². The van der Waals surface area contributed by atoms with Crippen molar-refractivity contribution in [1.29, 1.82) is 0 Å². The van der Waals surface area contributed by atoms with E-state index in [0.29, 0.717) is 12.1 Å². The van der Waals surface area contributed by atoms with Crippen molar-refractivity contribution in [2.75, 3.05) is 26.0 Å².